The van der Waals surface area contributed by atoms with Crippen LogP contribution in [0.4, 0.5) is 5.82 Å². The Morgan fingerprint density at radius 1 is 1.43 bits per heavy atom. The SMILES string of the molecule is Cc1cc(N2CC(C(=O)NCc3ccc(Cl)cc3)CC2=O)no1. The van der Waals surface area contributed by atoms with Crippen LogP contribution in [0.1, 0.15) is 17.7 Å². The Morgan fingerprint density at radius 3 is 2.83 bits per heavy atom. The fourth-order valence-electron chi connectivity index (χ4n) is 2.52. The largest absolute Gasteiger partial charge is 0.360 e. The van der Waals surface area contributed by atoms with Crippen LogP contribution in [0.25, 0.3) is 0 Å². The highest BCUT2D eigenvalue weighted by Crippen LogP contribution is 2.24. The number of hydrogen-bond donors (Lipinski definition) is 1. The molecule has 1 saturated heterocycles. The second kappa shape index (κ2) is 6.42. The van der Waals surface area contributed by atoms with E-state index in [1.165, 1.54) is 4.90 Å². The standard InChI is InChI=1S/C16H16ClN3O3/c1-10-6-14(19-23-10)20-9-12(7-15(20)21)16(22)18-8-11-2-4-13(17)5-3-11/h2-6,12H,7-9H2,1H3,(H,18,22). The second-order valence-corrected chi connectivity index (χ2v) is 5.98. The molecular formula is C16H16ClN3O3. The van der Waals surface area contributed by atoms with E-state index in [2.05, 4.69) is 10.5 Å². The number of carbonyl (C=O) groups excluding carboxylic acids is 2. The van der Waals surface area contributed by atoms with E-state index in [9.17, 15) is 9.59 Å². The predicted octanol–water partition coefficient (Wildman–Crippen LogP) is 2.31. The normalized spacial score (nSPS) is 17.6. The maximum Gasteiger partial charge on any atom is 0.229 e. The van der Waals surface area contributed by atoms with Crippen molar-refractivity contribution in [1.29, 1.82) is 0 Å². The van der Waals surface area contributed by atoms with Crippen molar-refractivity contribution in [3.8, 4) is 0 Å². The van der Waals surface area contributed by atoms with E-state index in [0.717, 1.165) is 5.56 Å². The monoisotopic (exact) mass is 333 g/mol. The Labute approximate surface area is 138 Å². The zero-order valence-corrected chi connectivity index (χ0v) is 13.3. The maximum atomic E-state index is 12.3. The van der Waals surface area contributed by atoms with E-state index in [1.54, 1.807) is 25.1 Å². The maximum absolute atomic E-state index is 12.3. The summed E-state index contributed by atoms with van der Waals surface area (Å²) in [6.07, 6.45) is 0.179. The minimum Gasteiger partial charge on any atom is -0.360 e. The molecule has 2 heterocycles. The van der Waals surface area contributed by atoms with Crippen molar-refractivity contribution < 1.29 is 14.1 Å². The van der Waals surface area contributed by atoms with Gasteiger partial charge in [-0.05, 0) is 24.6 Å². The number of aryl methyl sites for hydroxylation is 1. The van der Waals surface area contributed by atoms with Crippen LogP contribution in [0.2, 0.25) is 5.02 Å². The minimum atomic E-state index is -0.383. The average molecular weight is 334 g/mol. The smallest absolute Gasteiger partial charge is 0.229 e. The number of benzene rings is 1. The lowest BCUT2D eigenvalue weighted by atomic mass is 10.1. The molecule has 0 radical (unpaired) electrons. The molecule has 1 fully saturated rings. The molecule has 1 aliphatic rings. The summed E-state index contributed by atoms with van der Waals surface area (Å²) in [6.45, 7) is 2.48. The molecule has 2 aromatic rings. The van der Waals surface area contributed by atoms with Gasteiger partial charge in [-0.3, -0.25) is 14.5 Å². The molecule has 0 spiro atoms. The van der Waals surface area contributed by atoms with E-state index in [0.29, 0.717) is 29.7 Å². The molecule has 0 bridgehead atoms. The Kier molecular flexibility index (Phi) is 4.34. The van der Waals surface area contributed by atoms with Gasteiger partial charge in [0.15, 0.2) is 5.82 Å². The lowest BCUT2D eigenvalue weighted by Gasteiger charge is -2.13. The van der Waals surface area contributed by atoms with Crippen molar-refractivity contribution in [2.45, 2.75) is 19.9 Å². The molecule has 7 heteroatoms. The van der Waals surface area contributed by atoms with Crippen LogP contribution in [0.3, 0.4) is 0 Å². The number of aromatic nitrogens is 1. The van der Waals surface area contributed by atoms with E-state index in [-0.39, 0.29) is 24.2 Å². The first-order valence-electron chi connectivity index (χ1n) is 7.29. The highest BCUT2D eigenvalue weighted by molar-refractivity contribution is 6.30. The van der Waals surface area contributed by atoms with Crippen molar-refractivity contribution in [3.63, 3.8) is 0 Å². The molecule has 1 aromatic carbocycles. The lowest BCUT2D eigenvalue weighted by molar-refractivity contribution is -0.126. The Morgan fingerprint density at radius 2 is 2.17 bits per heavy atom. The molecule has 2 amide bonds. The number of anilines is 1. The van der Waals surface area contributed by atoms with Gasteiger partial charge in [-0.25, -0.2) is 0 Å². The van der Waals surface area contributed by atoms with Gasteiger partial charge in [0.25, 0.3) is 0 Å². The van der Waals surface area contributed by atoms with Gasteiger partial charge in [-0.15, -0.1) is 0 Å². The Bertz CT molecular complexity index is 726. The molecule has 23 heavy (non-hydrogen) atoms. The zero-order chi connectivity index (χ0) is 16.4. The summed E-state index contributed by atoms with van der Waals surface area (Å²) in [6, 6.07) is 8.94. The molecule has 1 aromatic heterocycles. The third-order valence-corrected chi connectivity index (χ3v) is 4.02. The van der Waals surface area contributed by atoms with Crippen molar-refractivity contribution in [1.82, 2.24) is 10.5 Å². The zero-order valence-electron chi connectivity index (χ0n) is 12.6. The predicted molar refractivity (Wildman–Crippen MR) is 85.0 cm³/mol. The van der Waals surface area contributed by atoms with Crippen LogP contribution in [0, 0.1) is 12.8 Å². The minimum absolute atomic E-state index is 0.120. The summed E-state index contributed by atoms with van der Waals surface area (Å²) >= 11 is 5.83. The van der Waals surface area contributed by atoms with Crippen molar-refractivity contribution >= 4 is 29.2 Å². The van der Waals surface area contributed by atoms with Crippen molar-refractivity contribution in [3.05, 3.63) is 46.7 Å². The van der Waals surface area contributed by atoms with E-state index >= 15 is 0 Å². The summed E-state index contributed by atoms with van der Waals surface area (Å²) in [5, 5.41) is 7.34. The topological polar surface area (TPSA) is 75.4 Å². The molecule has 0 aliphatic carbocycles. The van der Waals surface area contributed by atoms with Gasteiger partial charge < -0.3 is 9.84 Å². The number of halogens is 1. The van der Waals surface area contributed by atoms with Gasteiger partial charge in [0.1, 0.15) is 5.76 Å². The molecule has 1 N–H and O–H groups in total. The molecule has 0 saturated carbocycles. The first kappa shape index (κ1) is 15.6. The lowest BCUT2D eigenvalue weighted by Crippen LogP contribution is -2.32. The summed E-state index contributed by atoms with van der Waals surface area (Å²) in [5.41, 5.74) is 0.955. The molecule has 120 valence electrons. The Hall–Kier alpha value is -2.34. The van der Waals surface area contributed by atoms with Crippen LogP contribution < -0.4 is 10.2 Å². The summed E-state index contributed by atoms with van der Waals surface area (Å²) in [5.74, 6) is 0.441. The van der Waals surface area contributed by atoms with Gasteiger partial charge in [-0.1, -0.05) is 28.9 Å². The molecule has 1 aliphatic heterocycles. The molecular weight excluding hydrogens is 318 g/mol. The highest BCUT2D eigenvalue weighted by atomic mass is 35.5. The van der Waals surface area contributed by atoms with Crippen LogP contribution in [0.5, 0.6) is 0 Å². The summed E-state index contributed by atoms with van der Waals surface area (Å²) in [7, 11) is 0. The molecule has 6 nitrogen and oxygen atoms in total. The number of hydrogen-bond acceptors (Lipinski definition) is 4. The van der Waals surface area contributed by atoms with Crippen LogP contribution in [-0.2, 0) is 16.1 Å². The number of carbonyl (C=O) groups is 2. The van der Waals surface area contributed by atoms with Gasteiger partial charge in [0.2, 0.25) is 11.8 Å². The number of amides is 2. The number of rotatable bonds is 4. The van der Waals surface area contributed by atoms with Gasteiger partial charge in [-0.2, -0.15) is 0 Å². The van der Waals surface area contributed by atoms with E-state index in [4.69, 9.17) is 16.1 Å². The van der Waals surface area contributed by atoms with Crippen LogP contribution in [-0.4, -0.2) is 23.5 Å². The van der Waals surface area contributed by atoms with Gasteiger partial charge in [0.05, 0.1) is 5.92 Å². The van der Waals surface area contributed by atoms with E-state index < -0.39 is 0 Å². The molecule has 1 atom stereocenters. The number of nitrogens with zero attached hydrogens (tertiary/aromatic N) is 2. The fraction of sp³-hybridized carbons (Fsp3) is 0.312. The second-order valence-electron chi connectivity index (χ2n) is 5.55. The quantitative estimate of drug-likeness (QED) is 0.931. The molecule has 1 unspecified atom stereocenters. The van der Waals surface area contributed by atoms with Gasteiger partial charge in [0, 0.05) is 30.6 Å². The molecule has 3 rings (SSSR count). The third kappa shape index (κ3) is 3.53. The summed E-state index contributed by atoms with van der Waals surface area (Å²) < 4.78 is 4.98. The van der Waals surface area contributed by atoms with Crippen molar-refractivity contribution in [2.24, 2.45) is 5.92 Å². The van der Waals surface area contributed by atoms with Crippen LogP contribution in [0.15, 0.2) is 34.9 Å². The fourth-order valence-corrected chi connectivity index (χ4v) is 2.65. The highest BCUT2D eigenvalue weighted by Gasteiger charge is 2.36. The average Bonchev–Trinajstić information content (AvgIpc) is 3.12. The summed E-state index contributed by atoms with van der Waals surface area (Å²) in [4.78, 5) is 25.8. The number of nitrogens with one attached hydrogen (secondary N) is 1. The van der Waals surface area contributed by atoms with E-state index in [1.807, 2.05) is 12.1 Å². The first-order chi connectivity index (χ1) is 11.0. The van der Waals surface area contributed by atoms with Crippen molar-refractivity contribution in [2.75, 3.05) is 11.4 Å². The third-order valence-electron chi connectivity index (χ3n) is 3.77. The first-order valence-corrected chi connectivity index (χ1v) is 7.66. The van der Waals surface area contributed by atoms with Crippen LogP contribution >= 0.6 is 11.6 Å². The Balaban J connectivity index is 1.58. The van der Waals surface area contributed by atoms with Gasteiger partial charge >= 0.3 is 0 Å².